The van der Waals surface area contributed by atoms with Gasteiger partial charge in [0, 0.05) is 6.54 Å². The first-order valence-electron chi connectivity index (χ1n) is 8.01. The standard InChI is InChI=1S/C18H21FN2O3S2/c1-25-12-11-16(18(22)20-13-14-7-3-2-4-8-14)21-26(23,24)17-10-6-5-9-15(17)19/h2-10,16,21H,11-13H2,1H3,(H,20,22). The predicted molar refractivity (Wildman–Crippen MR) is 102 cm³/mol. The van der Waals surface area contributed by atoms with E-state index in [-0.39, 0.29) is 6.54 Å². The highest BCUT2D eigenvalue weighted by molar-refractivity contribution is 7.98. The lowest BCUT2D eigenvalue weighted by Crippen LogP contribution is -2.46. The first-order valence-corrected chi connectivity index (χ1v) is 10.9. The molecule has 8 heteroatoms. The molecule has 2 aromatic rings. The molecule has 0 spiro atoms. The van der Waals surface area contributed by atoms with Gasteiger partial charge in [0.05, 0.1) is 0 Å². The summed E-state index contributed by atoms with van der Waals surface area (Å²) in [6.07, 6.45) is 2.17. The molecule has 5 nitrogen and oxygen atoms in total. The van der Waals surface area contributed by atoms with E-state index in [4.69, 9.17) is 0 Å². The predicted octanol–water partition coefficient (Wildman–Crippen LogP) is 2.54. The monoisotopic (exact) mass is 396 g/mol. The van der Waals surface area contributed by atoms with Crippen molar-refractivity contribution in [1.29, 1.82) is 0 Å². The summed E-state index contributed by atoms with van der Waals surface area (Å²) >= 11 is 1.50. The first kappa shape index (κ1) is 20.4. The average Bonchev–Trinajstić information content (AvgIpc) is 2.64. The number of carbonyl (C=O) groups excluding carboxylic acids is 1. The molecule has 0 aliphatic rings. The molecule has 0 heterocycles. The molecule has 0 aromatic heterocycles. The Morgan fingerprint density at radius 2 is 1.77 bits per heavy atom. The second-order valence-electron chi connectivity index (χ2n) is 5.59. The highest BCUT2D eigenvalue weighted by atomic mass is 32.2. The third-order valence-corrected chi connectivity index (χ3v) is 5.81. The Morgan fingerprint density at radius 1 is 1.12 bits per heavy atom. The van der Waals surface area contributed by atoms with E-state index >= 15 is 0 Å². The number of carbonyl (C=O) groups is 1. The van der Waals surface area contributed by atoms with Crippen molar-refractivity contribution in [3.8, 4) is 0 Å². The Kier molecular flexibility index (Phi) is 7.62. The minimum atomic E-state index is -4.14. The van der Waals surface area contributed by atoms with Gasteiger partial charge in [0.1, 0.15) is 16.8 Å². The molecule has 0 fully saturated rings. The summed E-state index contributed by atoms with van der Waals surface area (Å²) in [7, 11) is -4.14. The number of halogens is 1. The van der Waals surface area contributed by atoms with Gasteiger partial charge in [0.2, 0.25) is 15.9 Å². The van der Waals surface area contributed by atoms with Crippen molar-refractivity contribution in [3.63, 3.8) is 0 Å². The number of hydrogen-bond donors (Lipinski definition) is 2. The van der Waals surface area contributed by atoms with Gasteiger partial charge in [-0.1, -0.05) is 42.5 Å². The van der Waals surface area contributed by atoms with Crippen LogP contribution in [-0.2, 0) is 21.4 Å². The zero-order chi connectivity index (χ0) is 19.0. The highest BCUT2D eigenvalue weighted by Gasteiger charge is 2.27. The summed E-state index contributed by atoms with van der Waals surface area (Å²) in [6, 6.07) is 13.4. The molecule has 2 aromatic carbocycles. The zero-order valence-corrected chi connectivity index (χ0v) is 15.9. The van der Waals surface area contributed by atoms with Gasteiger partial charge in [-0.3, -0.25) is 4.79 Å². The third kappa shape index (κ3) is 5.82. The van der Waals surface area contributed by atoms with Crippen LogP contribution in [0.25, 0.3) is 0 Å². The second kappa shape index (κ2) is 9.70. The normalized spacial score (nSPS) is 12.5. The molecular weight excluding hydrogens is 375 g/mol. The highest BCUT2D eigenvalue weighted by Crippen LogP contribution is 2.15. The molecule has 1 unspecified atom stereocenters. The fourth-order valence-electron chi connectivity index (χ4n) is 2.30. The van der Waals surface area contributed by atoms with E-state index in [1.165, 1.54) is 30.0 Å². The molecule has 0 aliphatic carbocycles. The van der Waals surface area contributed by atoms with Crippen LogP contribution in [0.1, 0.15) is 12.0 Å². The molecule has 1 atom stereocenters. The van der Waals surface area contributed by atoms with E-state index in [9.17, 15) is 17.6 Å². The van der Waals surface area contributed by atoms with Crippen LogP contribution in [-0.4, -0.2) is 32.4 Å². The van der Waals surface area contributed by atoms with Gasteiger partial charge >= 0.3 is 0 Å². The maximum atomic E-state index is 13.8. The number of sulfonamides is 1. The average molecular weight is 397 g/mol. The van der Waals surface area contributed by atoms with Gasteiger partial charge in [-0.15, -0.1) is 0 Å². The zero-order valence-electron chi connectivity index (χ0n) is 14.3. The van der Waals surface area contributed by atoms with Crippen LogP contribution in [0.5, 0.6) is 0 Å². The summed E-state index contributed by atoms with van der Waals surface area (Å²) < 4.78 is 41.1. The van der Waals surface area contributed by atoms with Crippen LogP contribution in [0.2, 0.25) is 0 Å². The molecule has 2 rings (SSSR count). The Hall–Kier alpha value is -1.90. The molecule has 0 saturated carbocycles. The number of hydrogen-bond acceptors (Lipinski definition) is 4. The number of thioether (sulfide) groups is 1. The maximum absolute atomic E-state index is 13.8. The molecule has 26 heavy (non-hydrogen) atoms. The molecule has 0 saturated heterocycles. The van der Waals surface area contributed by atoms with Crippen molar-refractivity contribution in [2.75, 3.05) is 12.0 Å². The quantitative estimate of drug-likeness (QED) is 0.683. The van der Waals surface area contributed by atoms with Crippen molar-refractivity contribution in [2.24, 2.45) is 0 Å². The van der Waals surface area contributed by atoms with Crippen molar-refractivity contribution >= 4 is 27.7 Å². The van der Waals surface area contributed by atoms with E-state index in [2.05, 4.69) is 10.0 Å². The van der Waals surface area contributed by atoms with Crippen molar-refractivity contribution in [3.05, 3.63) is 66.0 Å². The molecule has 0 aliphatic heterocycles. The van der Waals surface area contributed by atoms with Gasteiger partial charge in [0.15, 0.2) is 0 Å². The number of rotatable bonds is 9. The molecule has 140 valence electrons. The third-order valence-electron chi connectivity index (χ3n) is 3.66. The van der Waals surface area contributed by atoms with Crippen LogP contribution < -0.4 is 10.0 Å². The summed E-state index contributed by atoms with van der Waals surface area (Å²) in [5, 5.41) is 2.73. The van der Waals surface area contributed by atoms with E-state index in [1.807, 2.05) is 36.6 Å². The number of amides is 1. The maximum Gasteiger partial charge on any atom is 0.244 e. The van der Waals surface area contributed by atoms with E-state index < -0.39 is 32.7 Å². The molecule has 2 N–H and O–H groups in total. The molecule has 0 bridgehead atoms. The van der Waals surface area contributed by atoms with Crippen molar-refractivity contribution < 1.29 is 17.6 Å². The van der Waals surface area contributed by atoms with Crippen LogP contribution >= 0.6 is 11.8 Å². The summed E-state index contributed by atoms with van der Waals surface area (Å²) in [6.45, 7) is 0.289. The van der Waals surface area contributed by atoms with Gasteiger partial charge in [-0.2, -0.15) is 16.5 Å². The fraction of sp³-hybridized carbons (Fsp3) is 0.278. The topological polar surface area (TPSA) is 75.3 Å². The lowest BCUT2D eigenvalue weighted by Gasteiger charge is -2.18. The molecule has 1 amide bonds. The van der Waals surface area contributed by atoms with Gasteiger partial charge < -0.3 is 5.32 Å². The van der Waals surface area contributed by atoms with Gasteiger partial charge in [-0.05, 0) is 36.1 Å². The summed E-state index contributed by atoms with van der Waals surface area (Å²) in [5.74, 6) is -0.709. The summed E-state index contributed by atoms with van der Waals surface area (Å²) in [4.78, 5) is 12.0. The van der Waals surface area contributed by atoms with Crippen LogP contribution in [0, 0.1) is 5.82 Å². The van der Waals surface area contributed by atoms with Crippen LogP contribution in [0.3, 0.4) is 0 Å². The lowest BCUT2D eigenvalue weighted by molar-refractivity contribution is -0.122. The smallest absolute Gasteiger partial charge is 0.244 e. The van der Waals surface area contributed by atoms with Crippen LogP contribution in [0.4, 0.5) is 4.39 Å². The minimum absolute atomic E-state index is 0.289. The Labute approximate surface area is 157 Å². The Bertz CT molecular complexity index is 829. The summed E-state index contributed by atoms with van der Waals surface area (Å²) in [5.41, 5.74) is 0.904. The fourth-order valence-corrected chi connectivity index (χ4v) is 4.08. The molecular formula is C18H21FN2O3S2. The first-order chi connectivity index (χ1) is 12.4. The van der Waals surface area contributed by atoms with Crippen molar-refractivity contribution in [2.45, 2.75) is 23.9 Å². The van der Waals surface area contributed by atoms with Crippen molar-refractivity contribution in [1.82, 2.24) is 10.0 Å². The molecule has 0 radical (unpaired) electrons. The lowest BCUT2D eigenvalue weighted by atomic mass is 10.2. The SMILES string of the molecule is CSCCC(NS(=O)(=O)c1ccccc1F)C(=O)NCc1ccccc1. The van der Waals surface area contributed by atoms with Crippen LogP contribution in [0.15, 0.2) is 59.5 Å². The minimum Gasteiger partial charge on any atom is -0.351 e. The second-order valence-corrected chi connectivity index (χ2v) is 8.26. The largest absolute Gasteiger partial charge is 0.351 e. The van der Waals surface area contributed by atoms with E-state index in [0.29, 0.717) is 12.2 Å². The number of nitrogens with one attached hydrogen (secondary N) is 2. The Balaban J connectivity index is 2.10. The van der Waals surface area contributed by atoms with Gasteiger partial charge in [-0.25, -0.2) is 12.8 Å². The van der Waals surface area contributed by atoms with E-state index in [1.54, 1.807) is 0 Å². The van der Waals surface area contributed by atoms with E-state index in [0.717, 1.165) is 11.6 Å². The van der Waals surface area contributed by atoms with Gasteiger partial charge in [0.25, 0.3) is 0 Å². The number of benzene rings is 2. The Morgan fingerprint density at radius 3 is 2.42 bits per heavy atom.